The van der Waals surface area contributed by atoms with Gasteiger partial charge in [-0.25, -0.2) is 0 Å². The van der Waals surface area contributed by atoms with Crippen LogP contribution in [0.3, 0.4) is 0 Å². The molecule has 3 fully saturated rings. The van der Waals surface area contributed by atoms with Gasteiger partial charge in [-0.3, -0.25) is 4.79 Å². The number of aliphatic hydroxyl groups is 2. The highest BCUT2D eigenvalue weighted by atomic mass is 16.3. The molecular formula is C21H28O3. The summed E-state index contributed by atoms with van der Waals surface area (Å²) in [7, 11) is 0. The Morgan fingerprint density at radius 1 is 1.17 bits per heavy atom. The molecule has 0 aliphatic heterocycles. The quantitative estimate of drug-likeness (QED) is 0.531. The minimum atomic E-state index is -1.07. The second kappa shape index (κ2) is 4.96. The van der Waals surface area contributed by atoms with E-state index < -0.39 is 11.7 Å². The van der Waals surface area contributed by atoms with Crippen molar-refractivity contribution in [3.8, 4) is 12.3 Å². The molecule has 0 amide bonds. The minimum Gasteiger partial charge on any atom is -0.389 e. The Morgan fingerprint density at radius 2 is 1.88 bits per heavy atom. The van der Waals surface area contributed by atoms with Crippen molar-refractivity contribution in [2.45, 2.75) is 70.5 Å². The summed E-state index contributed by atoms with van der Waals surface area (Å²) in [6.07, 6.45) is 12.7. The number of ketones is 1. The fraction of sp³-hybridized carbons (Fsp3) is 0.762. The predicted octanol–water partition coefficient (Wildman–Crippen LogP) is 2.85. The van der Waals surface area contributed by atoms with Gasteiger partial charge in [0.05, 0.1) is 6.10 Å². The molecule has 0 unspecified atom stereocenters. The van der Waals surface area contributed by atoms with Crippen LogP contribution in [-0.2, 0) is 4.79 Å². The number of terminal acetylenes is 1. The molecule has 0 saturated heterocycles. The lowest BCUT2D eigenvalue weighted by Crippen LogP contribution is -2.57. The van der Waals surface area contributed by atoms with Crippen LogP contribution in [0, 0.1) is 40.9 Å². The summed E-state index contributed by atoms with van der Waals surface area (Å²) in [5.41, 5.74) is -0.232. The fourth-order valence-electron chi connectivity index (χ4n) is 6.66. The van der Waals surface area contributed by atoms with E-state index in [1.54, 1.807) is 0 Å². The predicted molar refractivity (Wildman–Crippen MR) is 91.9 cm³/mol. The van der Waals surface area contributed by atoms with E-state index >= 15 is 0 Å². The van der Waals surface area contributed by atoms with E-state index in [4.69, 9.17) is 6.42 Å². The lowest BCUT2D eigenvalue weighted by molar-refractivity contribution is -0.145. The van der Waals surface area contributed by atoms with Crippen molar-refractivity contribution in [3.63, 3.8) is 0 Å². The molecular weight excluding hydrogens is 300 g/mol. The lowest BCUT2D eigenvalue weighted by atomic mass is 9.46. The molecule has 3 heteroatoms. The number of rotatable bonds is 0. The maximum absolute atomic E-state index is 13.1. The number of Topliss-reactive ketones (excluding diaryl/α,β-unsaturated/α-hetero) is 1. The maximum Gasteiger partial charge on any atom is 0.140 e. The number of aliphatic hydroxyl groups excluding tert-OH is 1. The van der Waals surface area contributed by atoms with Crippen molar-refractivity contribution in [3.05, 3.63) is 11.6 Å². The molecule has 0 aromatic heterocycles. The SMILES string of the molecule is C#C[C@]1(O)CC[C@H]2[C@@H]3C(=O)CC4=C[C@H](O)CC[C@]4(C)[C@H]3CC[C@@]21C. The van der Waals surface area contributed by atoms with Gasteiger partial charge in [0.25, 0.3) is 0 Å². The molecule has 4 aliphatic rings. The van der Waals surface area contributed by atoms with Crippen molar-refractivity contribution in [1.82, 2.24) is 0 Å². The smallest absolute Gasteiger partial charge is 0.140 e. The molecule has 3 saturated carbocycles. The van der Waals surface area contributed by atoms with E-state index in [9.17, 15) is 15.0 Å². The van der Waals surface area contributed by atoms with Gasteiger partial charge in [-0.1, -0.05) is 31.4 Å². The first-order chi connectivity index (χ1) is 11.2. The number of hydrogen-bond acceptors (Lipinski definition) is 3. The largest absolute Gasteiger partial charge is 0.389 e. The van der Waals surface area contributed by atoms with Gasteiger partial charge in [-0.15, -0.1) is 6.42 Å². The van der Waals surface area contributed by atoms with Gasteiger partial charge in [-0.05, 0) is 55.8 Å². The molecule has 0 radical (unpaired) electrons. The zero-order valence-corrected chi connectivity index (χ0v) is 14.7. The average molecular weight is 328 g/mol. The van der Waals surface area contributed by atoms with E-state index in [1.165, 1.54) is 0 Å². The van der Waals surface area contributed by atoms with Crippen LogP contribution in [0.4, 0.5) is 0 Å². The highest BCUT2D eigenvalue weighted by molar-refractivity contribution is 5.86. The Bertz CT molecular complexity index is 658. The highest BCUT2D eigenvalue weighted by Gasteiger charge is 2.65. The normalized spacial score (nSPS) is 53.5. The van der Waals surface area contributed by atoms with Crippen LogP contribution in [0.2, 0.25) is 0 Å². The van der Waals surface area contributed by atoms with Crippen LogP contribution >= 0.6 is 0 Å². The lowest BCUT2D eigenvalue weighted by Gasteiger charge is -2.58. The standard InChI is InChI=1S/C21H28O3/c1-4-21(24)10-7-16-18-15(6-9-20(16,21)3)19(2)8-5-14(22)11-13(19)12-17(18)23/h1,11,14-16,18,22,24H,5-10,12H2,2-3H3/t14-,15+,16+,18-,19+,20+,21+/m1/s1. The summed E-state index contributed by atoms with van der Waals surface area (Å²) in [6, 6.07) is 0. The molecule has 0 aromatic carbocycles. The number of carbonyl (C=O) groups excluding carboxylic acids is 1. The Hall–Kier alpha value is -1.11. The van der Waals surface area contributed by atoms with Gasteiger partial charge in [-0.2, -0.15) is 0 Å². The van der Waals surface area contributed by atoms with Crippen molar-refractivity contribution in [2.75, 3.05) is 0 Å². The third-order valence-corrected chi connectivity index (χ3v) is 8.30. The molecule has 24 heavy (non-hydrogen) atoms. The Morgan fingerprint density at radius 3 is 2.58 bits per heavy atom. The van der Waals surface area contributed by atoms with Crippen molar-refractivity contribution < 1.29 is 15.0 Å². The van der Waals surface area contributed by atoms with Crippen LogP contribution in [-0.4, -0.2) is 27.7 Å². The molecule has 2 N–H and O–H groups in total. The summed E-state index contributed by atoms with van der Waals surface area (Å²) in [6.45, 7) is 4.39. The molecule has 0 spiro atoms. The first-order valence-corrected chi connectivity index (χ1v) is 9.37. The molecule has 0 heterocycles. The van der Waals surface area contributed by atoms with Crippen LogP contribution in [0.15, 0.2) is 11.6 Å². The van der Waals surface area contributed by atoms with Crippen molar-refractivity contribution >= 4 is 5.78 Å². The fourth-order valence-corrected chi connectivity index (χ4v) is 6.66. The van der Waals surface area contributed by atoms with Gasteiger partial charge in [0, 0.05) is 17.8 Å². The van der Waals surface area contributed by atoms with E-state index in [2.05, 4.69) is 19.8 Å². The summed E-state index contributed by atoms with van der Waals surface area (Å²) >= 11 is 0. The van der Waals surface area contributed by atoms with Gasteiger partial charge in [0.1, 0.15) is 11.4 Å². The number of carbonyl (C=O) groups is 1. The van der Waals surface area contributed by atoms with Crippen LogP contribution < -0.4 is 0 Å². The number of hydrogen-bond donors (Lipinski definition) is 2. The number of fused-ring (bicyclic) bond motifs is 5. The second-order valence-electron chi connectivity index (χ2n) is 9.10. The van der Waals surface area contributed by atoms with E-state index in [0.717, 1.165) is 37.7 Å². The van der Waals surface area contributed by atoms with E-state index in [1.807, 2.05) is 6.08 Å². The van der Waals surface area contributed by atoms with Gasteiger partial charge in [0.2, 0.25) is 0 Å². The van der Waals surface area contributed by atoms with Crippen LogP contribution in [0.5, 0.6) is 0 Å². The van der Waals surface area contributed by atoms with Crippen LogP contribution in [0.25, 0.3) is 0 Å². The topological polar surface area (TPSA) is 57.5 Å². The van der Waals surface area contributed by atoms with Gasteiger partial charge >= 0.3 is 0 Å². The Balaban J connectivity index is 1.75. The summed E-state index contributed by atoms with van der Waals surface area (Å²) in [5.74, 6) is 3.50. The highest BCUT2D eigenvalue weighted by Crippen LogP contribution is 2.66. The first-order valence-electron chi connectivity index (χ1n) is 9.37. The Labute approximate surface area is 144 Å². The summed E-state index contributed by atoms with van der Waals surface area (Å²) < 4.78 is 0. The van der Waals surface area contributed by atoms with Crippen LogP contribution in [0.1, 0.15) is 58.8 Å². The Kier molecular flexibility index (Phi) is 3.38. The summed E-state index contributed by atoms with van der Waals surface area (Å²) in [4.78, 5) is 13.1. The summed E-state index contributed by atoms with van der Waals surface area (Å²) in [5, 5.41) is 21.0. The molecule has 0 bridgehead atoms. The van der Waals surface area contributed by atoms with E-state index in [0.29, 0.717) is 24.5 Å². The molecule has 3 nitrogen and oxygen atoms in total. The average Bonchev–Trinajstić information content (AvgIpc) is 2.82. The van der Waals surface area contributed by atoms with Crippen molar-refractivity contribution in [2.24, 2.45) is 28.6 Å². The molecule has 130 valence electrons. The van der Waals surface area contributed by atoms with E-state index in [-0.39, 0.29) is 22.7 Å². The maximum atomic E-state index is 13.1. The number of allylic oxidation sites excluding steroid dienone is 1. The van der Waals surface area contributed by atoms with Crippen molar-refractivity contribution in [1.29, 1.82) is 0 Å². The zero-order chi connectivity index (χ0) is 17.3. The zero-order valence-electron chi connectivity index (χ0n) is 14.7. The van der Waals surface area contributed by atoms with Gasteiger partial charge < -0.3 is 10.2 Å². The minimum absolute atomic E-state index is 0.0171. The molecule has 0 aromatic rings. The molecule has 4 rings (SSSR count). The van der Waals surface area contributed by atoms with Gasteiger partial charge in [0.15, 0.2) is 0 Å². The monoisotopic (exact) mass is 328 g/mol. The molecule has 4 aliphatic carbocycles. The third kappa shape index (κ3) is 1.85. The molecule has 7 atom stereocenters. The second-order valence-corrected chi connectivity index (χ2v) is 9.10. The third-order valence-electron chi connectivity index (χ3n) is 8.30. The first kappa shape index (κ1) is 16.4.